The summed E-state index contributed by atoms with van der Waals surface area (Å²) in [5.41, 5.74) is 5.75. The van der Waals surface area contributed by atoms with E-state index < -0.39 is 18.0 Å². The van der Waals surface area contributed by atoms with E-state index in [1.807, 2.05) is 0 Å². The van der Waals surface area contributed by atoms with Crippen molar-refractivity contribution >= 4 is 23.7 Å². The van der Waals surface area contributed by atoms with Crippen molar-refractivity contribution in [2.75, 3.05) is 12.9 Å². The first-order valence-electron chi connectivity index (χ1n) is 5.19. The molecule has 6 nitrogen and oxygen atoms in total. The van der Waals surface area contributed by atoms with E-state index >= 15 is 0 Å². The highest BCUT2D eigenvalue weighted by Crippen LogP contribution is 2.20. The van der Waals surface area contributed by atoms with Crippen LogP contribution in [0.25, 0.3) is 0 Å². The van der Waals surface area contributed by atoms with E-state index in [0.717, 1.165) is 0 Å². The van der Waals surface area contributed by atoms with Crippen molar-refractivity contribution in [3.05, 3.63) is 23.2 Å². The van der Waals surface area contributed by atoms with Crippen molar-refractivity contribution in [3.8, 4) is 0 Å². The van der Waals surface area contributed by atoms with Crippen LogP contribution in [0, 0.1) is 6.92 Å². The maximum atomic E-state index is 11.3. The second-order valence-corrected chi connectivity index (χ2v) is 4.66. The average molecular weight is 273 g/mol. The molecule has 0 saturated heterocycles. The fraction of sp³-hybridized carbons (Fsp3) is 0.455. The largest absolute Gasteiger partial charge is 0.480 e. The molecule has 7 heteroatoms. The molecule has 0 amide bonds. The topological polar surface area (TPSA) is 103 Å². The predicted octanol–water partition coefficient (Wildman–Crippen LogP) is 1.02. The highest BCUT2D eigenvalue weighted by molar-refractivity contribution is 7.98. The van der Waals surface area contributed by atoms with E-state index in [1.54, 1.807) is 13.0 Å². The molecular weight excluding hydrogens is 258 g/mol. The lowest BCUT2D eigenvalue weighted by Crippen LogP contribution is -2.32. The van der Waals surface area contributed by atoms with Crippen LogP contribution >= 0.6 is 11.8 Å². The number of methoxy groups -OCH3 is 1. The maximum Gasteiger partial charge on any atom is 0.341 e. The molecule has 0 spiro atoms. The number of esters is 1. The van der Waals surface area contributed by atoms with Crippen molar-refractivity contribution in [1.82, 2.24) is 0 Å². The number of aryl methyl sites for hydroxylation is 1. The molecular formula is C11H15NO5S. The van der Waals surface area contributed by atoms with E-state index in [1.165, 1.54) is 18.9 Å². The second-order valence-electron chi connectivity index (χ2n) is 3.63. The number of carboxylic acid groups (broad SMARTS) is 1. The first-order chi connectivity index (χ1) is 8.45. The van der Waals surface area contributed by atoms with Gasteiger partial charge in [0, 0.05) is 5.75 Å². The Kier molecular flexibility index (Phi) is 5.24. The first-order valence-corrected chi connectivity index (χ1v) is 6.35. The highest BCUT2D eigenvalue weighted by atomic mass is 32.2. The van der Waals surface area contributed by atoms with Gasteiger partial charge in [0.25, 0.3) is 0 Å². The van der Waals surface area contributed by atoms with Gasteiger partial charge in [-0.1, -0.05) is 0 Å². The SMILES string of the molecule is COC(=O)c1cc(CSC[C@@H](N)C(=O)O)oc1C. The summed E-state index contributed by atoms with van der Waals surface area (Å²) >= 11 is 1.33. The van der Waals surface area contributed by atoms with Gasteiger partial charge in [0.2, 0.25) is 0 Å². The monoisotopic (exact) mass is 273 g/mol. The zero-order chi connectivity index (χ0) is 13.7. The van der Waals surface area contributed by atoms with Gasteiger partial charge in [-0.3, -0.25) is 4.79 Å². The Morgan fingerprint density at radius 2 is 2.28 bits per heavy atom. The smallest absolute Gasteiger partial charge is 0.341 e. The van der Waals surface area contributed by atoms with Crippen LogP contribution < -0.4 is 5.73 Å². The third-order valence-electron chi connectivity index (χ3n) is 2.23. The Labute approximate surface area is 108 Å². The minimum atomic E-state index is -1.03. The van der Waals surface area contributed by atoms with Crippen molar-refractivity contribution < 1.29 is 23.8 Å². The van der Waals surface area contributed by atoms with Gasteiger partial charge in [0.15, 0.2) is 0 Å². The summed E-state index contributed by atoms with van der Waals surface area (Å²) in [6.07, 6.45) is 0. The Bertz CT molecular complexity index is 443. The van der Waals surface area contributed by atoms with Crippen LogP contribution in [0.4, 0.5) is 0 Å². The molecule has 0 radical (unpaired) electrons. The Balaban J connectivity index is 2.54. The summed E-state index contributed by atoms with van der Waals surface area (Å²) in [5.74, 6) is 0.333. The lowest BCUT2D eigenvalue weighted by Gasteiger charge is -2.03. The van der Waals surface area contributed by atoms with Crippen molar-refractivity contribution in [1.29, 1.82) is 0 Å². The number of furan rings is 1. The fourth-order valence-electron chi connectivity index (χ4n) is 1.29. The van der Waals surface area contributed by atoms with Crippen LogP contribution in [-0.2, 0) is 15.3 Å². The number of carbonyl (C=O) groups excluding carboxylic acids is 1. The zero-order valence-corrected chi connectivity index (χ0v) is 11.0. The van der Waals surface area contributed by atoms with Crippen LogP contribution in [0.5, 0.6) is 0 Å². The fourth-order valence-corrected chi connectivity index (χ4v) is 2.14. The first kappa shape index (κ1) is 14.6. The van der Waals surface area contributed by atoms with Crippen molar-refractivity contribution in [3.63, 3.8) is 0 Å². The van der Waals surface area contributed by atoms with Gasteiger partial charge in [-0.25, -0.2) is 4.79 Å². The molecule has 1 aromatic rings. The minimum absolute atomic E-state index is 0.280. The van der Waals surface area contributed by atoms with Gasteiger partial charge < -0.3 is 20.0 Å². The summed E-state index contributed by atoms with van der Waals surface area (Å²) in [5, 5.41) is 8.61. The number of rotatable bonds is 6. The maximum absolute atomic E-state index is 11.3. The number of aliphatic carboxylic acids is 1. The number of hydrogen-bond donors (Lipinski definition) is 2. The molecule has 0 aliphatic carbocycles. The third kappa shape index (κ3) is 3.78. The molecule has 0 saturated carbocycles. The third-order valence-corrected chi connectivity index (χ3v) is 3.32. The van der Waals surface area contributed by atoms with E-state index in [2.05, 4.69) is 4.74 Å². The number of hydrogen-bond acceptors (Lipinski definition) is 6. The molecule has 0 unspecified atom stereocenters. The molecule has 100 valence electrons. The predicted molar refractivity (Wildman–Crippen MR) is 66.6 cm³/mol. The molecule has 1 aromatic heterocycles. The lowest BCUT2D eigenvalue weighted by molar-refractivity contribution is -0.137. The van der Waals surface area contributed by atoms with Crippen LogP contribution in [0.3, 0.4) is 0 Å². The summed E-state index contributed by atoms with van der Waals surface area (Å²) in [7, 11) is 1.30. The van der Waals surface area contributed by atoms with Crippen LogP contribution in [0.15, 0.2) is 10.5 Å². The summed E-state index contributed by atoms with van der Waals surface area (Å²) < 4.78 is 9.97. The average Bonchev–Trinajstić information content (AvgIpc) is 2.69. The molecule has 18 heavy (non-hydrogen) atoms. The quantitative estimate of drug-likeness (QED) is 0.746. The lowest BCUT2D eigenvalue weighted by atomic mass is 10.2. The van der Waals surface area contributed by atoms with E-state index in [-0.39, 0.29) is 5.75 Å². The Morgan fingerprint density at radius 3 is 2.83 bits per heavy atom. The molecule has 0 aliphatic rings. The normalized spacial score (nSPS) is 12.2. The summed E-state index contributed by atoms with van der Waals surface area (Å²) in [6, 6.07) is 0.701. The van der Waals surface area contributed by atoms with E-state index in [0.29, 0.717) is 22.8 Å². The molecule has 0 fully saturated rings. The number of carboxylic acids is 1. The van der Waals surface area contributed by atoms with Crippen molar-refractivity contribution in [2.24, 2.45) is 5.73 Å². The van der Waals surface area contributed by atoms with E-state index in [9.17, 15) is 9.59 Å². The van der Waals surface area contributed by atoms with Gasteiger partial charge >= 0.3 is 11.9 Å². The van der Waals surface area contributed by atoms with Gasteiger partial charge in [-0.2, -0.15) is 11.8 Å². The number of nitrogens with two attached hydrogens (primary N) is 1. The second kappa shape index (κ2) is 6.46. The van der Waals surface area contributed by atoms with Gasteiger partial charge in [0.05, 0.1) is 12.9 Å². The van der Waals surface area contributed by atoms with Crippen LogP contribution in [0.1, 0.15) is 21.9 Å². The molecule has 3 N–H and O–H groups in total. The van der Waals surface area contributed by atoms with Crippen molar-refractivity contribution in [2.45, 2.75) is 18.7 Å². The highest BCUT2D eigenvalue weighted by Gasteiger charge is 2.16. The van der Waals surface area contributed by atoms with Gasteiger partial charge in [-0.05, 0) is 13.0 Å². The molecule has 0 aliphatic heterocycles. The molecule has 1 atom stereocenters. The molecule has 1 heterocycles. The molecule has 1 rings (SSSR count). The summed E-state index contributed by atoms with van der Waals surface area (Å²) in [4.78, 5) is 21.8. The number of thioether (sulfide) groups is 1. The zero-order valence-electron chi connectivity index (χ0n) is 10.1. The van der Waals surface area contributed by atoms with Gasteiger partial charge in [-0.15, -0.1) is 0 Å². The standard InChI is InChI=1S/C11H15NO5S/c1-6-8(11(15)16-2)3-7(17-6)4-18-5-9(12)10(13)14/h3,9H,4-5,12H2,1-2H3,(H,13,14)/t9-/m1/s1. The van der Waals surface area contributed by atoms with Crippen LogP contribution in [0.2, 0.25) is 0 Å². The Morgan fingerprint density at radius 1 is 1.61 bits per heavy atom. The number of carbonyl (C=O) groups is 2. The van der Waals surface area contributed by atoms with Gasteiger partial charge in [0.1, 0.15) is 23.1 Å². The van der Waals surface area contributed by atoms with Crippen LogP contribution in [-0.4, -0.2) is 35.9 Å². The minimum Gasteiger partial charge on any atom is -0.480 e. The number of ether oxygens (including phenoxy) is 1. The molecule has 0 aromatic carbocycles. The van der Waals surface area contributed by atoms with E-state index in [4.69, 9.17) is 15.3 Å². The Hall–Kier alpha value is -1.47. The summed E-state index contributed by atoms with van der Waals surface area (Å²) in [6.45, 7) is 1.67. The molecule has 0 bridgehead atoms.